The van der Waals surface area contributed by atoms with E-state index >= 15 is 0 Å². The summed E-state index contributed by atoms with van der Waals surface area (Å²) in [4.78, 5) is 7.75. The topological polar surface area (TPSA) is 9.72 Å². The highest BCUT2D eigenvalue weighted by molar-refractivity contribution is 4.81. The molecule has 0 unspecified atom stereocenters. The van der Waals surface area contributed by atoms with E-state index in [-0.39, 0.29) is 0 Å². The van der Waals surface area contributed by atoms with Gasteiger partial charge in [-0.3, -0.25) is 0 Å². The minimum Gasteiger partial charge on any atom is -0.306 e. The van der Waals surface area contributed by atoms with Gasteiger partial charge in [-0.05, 0) is 85.7 Å². The first kappa shape index (κ1) is 15.3. The molecular formula is C16H33N3. The normalized spacial score (nSPS) is 25.6. The lowest BCUT2D eigenvalue weighted by Crippen LogP contribution is -2.46. The lowest BCUT2D eigenvalue weighted by atomic mass is 9.94. The van der Waals surface area contributed by atoms with Crippen LogP contribution in [0.5, 0.6) is 0 Å². The summed E-state index contributed by atoms with van der Waals surface area (Å²) in [5.41, 5.74) is 0. The SMILES string of the molecule is CC(C)N1CCC(CN(C)C2CCN(C)CC2)CC1. The van der Waals surface area contributed by atoms with Gasteiger partial charge in [0.1, 0.15) is 0 Å². The molecule has 2 fully saturated rings. The number of rotatable bonds is 4. The van der Waals surface area contributed by atoms with E-state index in [9.17, 15) is 0 Å². The Bertz CT molecular complexity index is 251. The van der Waals surface area contributed by atoms with Crippen molar-refractivity contribution >= 4 is 0 Å². The summed E-state index contributed by atoms with van der Waals surface area (Å²) in [6.45, 7) is 11.1. The number of piperidine rings is 2. The van der Waals surface area contributed by atoms with Gasteiger partial charge in [0, 0.05) is 18.6 Å². The van der Waals surface area contributed by atoms with Gasteiger partial charge in [0.25, 0.3) is 0 Å². The summed E-state index contributed by atoms with van der Waals surface area (Å²) in [5, 5.41) is 0. The molecule has 3 heteroatoms. The molecule has 0 bridgehead atoms. The number of nitrogens with zero attached hydrogens (tertiary/aromatic N) is 3. The quantitative estimate of drug-likeness (QED) is 0.772. The molecule has 0 atom stereocenters. The molecule has 0 saturated carbocycles. The summed E-state index contributed by atoms with van der Waals surface area (Å²) in [6, 6.07) is 1.56. The molecule has 2 saturated heterocycles. The molecule has 2 aliphatic heterocycles. The van der Waals surface area contributed by atoms with Crippen molar-refractivity contribution in [2.45, 2.75) is 51.6 Å². The van der Waals surface area contributed by atoms with E-state index in [0.29, 0.717) is 0 Å². The van der Waals surface area contributed by atoms with Crippen LogP contribution in [0.3, 0.4) is 0 Å². The van der Waals surface area contributed by atoms with Crippen molar-refractivity contribution in [3.63, 3.8) is 0 Å². The first-order valence-corrected chi connectivity index (χ1v) is 8.19. The molecule has 19 heavy (non-hydrogen) atoms. The molecule has 0 aliphatic carbocycles. The Morgan fingerprint density at radius 3 is 2.11 bits per heavy atom. The average molecular weight is 267 g/mol. The second-order valence-electron chi connectivity index (χ2n) is 7.05. The third-order valence-corrected chi connectivity index (χ3v) is 5.24. The van der Waals surface area contributed by atoms with Gasteiger partial charge in [-0.2, -0.15) is 0 Å². The summed E-state index contributed by atoms with van der Waals surface area (Å²) >= 11 is 0. The van der Waals surface area contributed by atoms with Gasteiger partial charge in [-0.1, -0.05) is 0 Å². The largest absolute Gasteiger partial charge is 0.306 e. The van der Waals surface area contributed by atoms with Gasteiger partial charge in [-0.15, -0.1) is 0 Å². The van der Waals surface area contributed by atoms with Crippen LogP contribution in [0.25, 0.3) is 0 Å². The Morgan fingerprint density at radius 1 is 1.00 bits per heavy atom. The van der Waals surface area contributed by atoms with Crippen molar-refractivity contribution in [1.82, 2.24) is 14.7 Å². The lowest BCUT2D eigenvalue weighted by molar-refractivity contribution is 0.0937. The lowest BCUT2D eigenvalue weighted by Gasteiger charge is -2.39. The van der Waals surface area contributed by atoms with E-state index in [1.165, 1.54) is 58.4 Å². The maximum atomic E-state index is 2.66. The predicted molar refractivity (Wildman–Crippen MR) is 82.6 cm³/mol. The third kappa shape index (κ3) is 4.44. The molecule has 2 aliphatic rings. The first-order chi connectivity index (χ1) is 9.06. The molecule has 0 aromatic rings. The molecule has 0 N–H and O–H groups in total. The van der Waals surface area contributed by atoms with Crippen LogP contribution in [0.1, 0.15) is 39.5 Å². The van der Waals surface area contributed by atoms with E-state index in [1.54, 1.807) is 0 Å². The third-order valence-electron chi connectivity index (χ3n) is 5.24. The molecule has 0 aromatic carbocycles. The van der Waals surface area contributed by atoms with E-state index in [1.807, 2.05) is 0 Å². The number of hydrogen-bond donors (Lipinski definition) is 0. The van der Waals surface area contributed by atoms with Crippen LogP contribution in [0.15, 0.2) is 0 Å². The molecule has 112 valence electrons. The standard InChI is InChI=1S/C16H33N3/c1-14(2)19-11-5-15(6-12-19)13-18(4)16-7-9-17(3)10-8-16/h14-16H,5-13H2,1-4H3. The Kier molecular flexibility index (Phi) is 5.67. The monoisotopic (exact) mass is 267 g/mol. The molecule has 2 rings (SSSR count). The zero-order chi connectivity index (χ0) is 13.8. The average Bonchev–Trinajstić information content (AvgIpc) is 2.40. The number of likely N-dealkylation sites (tertiary alicyclic amines) is 2. The Labute approximate surface area is 119 Å². The van der Waals surface area contributed by atoms with Gasteiger partial charge in [0.05, 0.1) is 0 Å². The van der Waals surface area contributed by atoms with Crippen molar-refractivity contribution in [3.05, 3.63) is 0 Å². The minimum atomic E-state index is 0.729. The zero-order valence-corrected chi connectivity index (χ0v) is 13.4. The summed E-state index contributed by atoms with van der Waals surface area (Å²) in [6.07, 6.45) is 5.51. The first-order valence-electron chi connectivity index (χ1n) is 8.19. The van der Waals surface area contributed by atoms with Crippen molar-refractivity contribution < 1.29 is 0 Å². The van der Waals surface area contributed by atoms with Crippen LogP contribution in [-0.4, -0.2) is 73.6 Å². The highest BCUT2D eigenvalue weighted by atomic mass is 15.2. The highest BCUT2D eigenvalue weighted by Gasteiger charge is 2.25. The zero-order valence-electron chi connectivity index (χ0n) is 13.4. The number of hydrogen-bond acceptors (Lipinski definition) is 3. The van der Waals surface area contributed by atoms with Gasteiger partial charge in [0.2, 0.25) is 0 Å². The van der Waals surface area contributed by atoms with E-state index in [2.05, 4.69) is 42.6 Å². The van der Waals surface area contributed by atoms with Crippen molar-refractivity contribution in [2.75, 3.05) is 46.8 Å². The van der Waals surface area contributed by atoms with Gasteiger partial charge < -0.3 is 14.7 Å². The summed E-state index contributed by atoms with van der Waals surface area (Å²) < 4.78 is 0. The molecule has 3 nitrogen and oxygen atoms in total. The maximum absolute atomic E-state index is 2.66. The second kappa shape index (κ2) is 7.05. The van der Waals surface area contributed by atoms with Crippen LogP contribution in [0, 0.1) is 5.92 Å². The predicted octanol–water partition coefficient (Wildman–Crippen LogP) is 2.13. The van der Waals surface area contributed by atoms with E-state index in [4.69, 9.17) is 0 Å². The second-order valence-corrected chi connectivity index (χ2v) is 7.05. The smallest absolute Gasteiger partial charge is 0.0117 e. The minimum absolute atomic E-state index is 0.729. The Balaban J connectivity index is 1.70. The molecule has 0 spiro atoms. The maximum Gasteiger partial charge on any atom is 0.0117 e. The van der Waals surface area contributed by atoms with Crippen molar-refractivity contribution in [3.8, 4) is 0 Å². The molecule has 2 heterocycles. The molecule has 0 radical (unpaired) electrons. The molecule has 0 aromatic heterocycles. The fourth-order valence-corrected chi connectivity index (χ4v) is 3.64. The summed E-state index contributed by atoms with van der Waals surface area (Å²) in [5.74, 6) is 0.930. The van der Waals surface area contributed by atoms with Gasteiger partial charge in [0.15, 0.2) is 0 Å². The van der Waals surface area contributed by atoms with Crippen LogP contribution >= 0.6 is 0 Å². The van der Waals surface area contributed by atoms with Crippen molar-refractivity contribution in [2.24, 2.45) is 5.92 Å². The van der Waals surface area contributed by atoms with Crippen LogP contribution in [-0.2, 0) is 0 Å². The van der Waals surface area contributed by atoms with Gasteiger partial charge >= 0.3 is 0 Å². The van der Waals surface area contributed by atoms with Crippen LogP contribution in [0.4, 0.5) is 0 Å². The van der Waals surface area contributed by atoms with Gasteiger partial charge in [-0.25, -0.2) is 0 Å². The highest BCUT2D eigenvalue weighted by Crippen LogP contribution is 2.22. The van der Waals surface area contributed by atoms with E-state index in [0.717, 1.165) is 18.0 Å². The van der Waals surface area contributed by atoms with E-state index < -0.39 is 0 Å². The summed E-state index contributed by atoms with van der Waals surface area (Å²) in [7, 11) is 4.60. The van der Waals surface area contributed by atoms with Crippen LogP contribution < -0.4 is 0 Å². The van der Waals surface area contributed by atoms with Crippen LogP contribution in [0.2, 0.25) is 0 Å². The molecule has 0 amide bonds. The Morgan fingerprint density at radius 2 is 1.58 bits per heavy atom. The van der Waals surface area contributed by atoms with Crippen molar-refractivity contribution in [1.29, 1.82) is 0 Å². The molecular weight excluding hydrogens is 234 g/mol. The fraction of sp³-hybridized carbons (Fsp3) is 1.00. The fourth-order valence-electron chi connectivity index (χ4n) is 3.64. The Hall–Kier alpha value is -0.120.